The summed E-state index contributed by atoms with van der Waals surface area (Å²) in [6, 6.07) is 13.5. The summed E-state index contributed by atoms with van der Waals surface area (Å²) >= 11 is 0. The molecule has 6 nitrogen and oxygen atoms in total. The molecule has 0 aliphatic carbocycles. The highest BCUT2D eigenvalue weighted by molar-refractivity contribution is 6.06. The number of hydrogen-bond acceptors (Lipinski definition) is 2. The summed E-state index contributed by atoms with van der Waals surface area (Å²) in [5, 5.41) is 4.44. The molecule has 4 rings (SSSR count). The largest absolute Gasteiger partial charge is 0.351 e. The minimum atomic E-state index is -0.345. The van der Waals surface area contributed by atoms with Crippen LogP contribution in [-0.2, 0) is 11.3 Å². The molecule has 0 atom stereocenters. The third kappa shape index (κ3) is 3.78. The minimum Gasteiger partial charge on any atom is -0.351 e. The van der Waals surface area contributed by atoms with Crippen molar-refractivity contribution in [3.05, 3.63) is 66.2 Å². The van der Waals surface area contributed by atoms with E-state index in [1.807, 2.05) is 42.8 Å². The van der Waals surface area contributed by atoms with E-state index < -0.39 is 0 Å². The van der Waals surface area contributed by atoms with Gasteiger partial charge < -0.3 is 19.8 Å². The maximum atomic E-state index is 13.4. The van der Waals surface area contributed by atoms with E-state index in [1.165, 1.54) is 12.1 Å². The average molecular weight is 406 g/mol. The molecular weight excluding hydrogens is 383 g/mol. The van der Waals surface area contributed by atoms with Gasteiger partial charge in [-0.05, 0) is 62.4 Å². The van der Waals surface area contributed by atoms with Crippen molar-refractivity contribution in [1.82, 2.24) is 14.5 Å². The monoisotopic (exact) mass is 406 g/mol. The van der Waals surface area contributed by atoms with Crippen LogP contribution in [0, 0.1) is 5.82 Å². The van der Waals surface area contributed by atoms with Crippen molar-refractivity contribution in [2.75, 3.05) is 18.4 Å². The first-order chi connectivity index (χ1) is 14.5. The zero-order chi connectivity index (χ0) is 21.3. The Kier molecular flexibility index (Phi) is 5.27. The Balaban J connectivity index is 1.52. The third-order valence-electron chi connectivity index (χ3n) is 5.28. The first-order valence-corrected chi connectivity index (χ1v) is 9.94. The summed E-state index contributed by atoms with van der Waals surface area (Å²) in [5.74, 6) is -0.574. The Morgan fingerprint density at radius 3 is 2.60 bits per heavy atom. The molecule has 0 saturated heterocycles. The predicted octanol–water partition coefficient (Wildman–Crippen LogP) is 4.38. The van der Waals surface area contributed by atoms with E-state index in [0.717, 1.165) is 10.9 Å². The van der Waals surface area contributed by atoms with E-state index in [9.17, 15) is 14.0 Å². The molecule has 0 fully saturated rings. The molecule has 0 unspecified atom stereocenters. The van der Waals surface area contributed by atoms with Crippen LogP contribution < -0.4 is 5.32 Å². The second kappa shape index (κ2) is 8.02. The maximum absolute atomic E-state index is 13.4. The molecule has 0 aliphatic heterocycles. The lowest BCUT2D eigenvalue weighted by Gasteiger charge is -2.19. The number of carbonyl (C=O) groups excluding carboxylic acids is 2. The van der Waals surface area contributed by atoms with Gasteiger partial charge in [-0.3, -0.25) is 9.59 Å². The van der Waals surface area contributed by atoms with Crippen LogP contribution in [0.5, 0.6) is 0 Å². The smallest absolute Gasteiger partial charge is 0.272 e. The summed E-state index contributed by atoms with van der Waals surface area (Å²) in [6.45, 7) is 5.58. The van der Waals surface area contributed by atoms with Crippen molar-refractivity contribution in [1.29, 1.82) is 0 Å². The Bertz CT molecular complexity index is 1240. The first kappa shape index (κ1) is 19.7. The van der Waals surface area contributed by atoms with Crippen LogP contribution in [0.3, 0.4) is 0 Å². The van der Waals surface area contributed by atoms with Gasteiger partial charge in [0.05, 0.1) is 0 Å². The van der Waals surface area contributed by atoms with Crippen LogP contribution in [0.15, 0.2) is 54.7 Å². The van der Waals surface area contributed by atoms with E-state index in [1.54, 1.807) is 23.1 Å². The number of amides is 2. The number of carbonyl (C=O) groups is 2. The second-order valence-electron chi connectivity index (χ2n) is 7.15. The quantitative estimate of drug-likeness (QED) is 0.499. The molecule has 2 heterocycles. The molecule has 4 aromatic rings. The van der Waals surface area contributed by atoms with E-state index in [2.05, 4.69) is 10.3 Å². The number of H-pyrrole nitrogens is 1. The molecule has 30 heavy (non-hydrogen) atoms. The highest BCUT2D eigenvalue weighted by Crippen LogP contribution is 2.22. The lowest BCUT2D eigenvalue weighted by molar-refractivity contribution is -0.131. The van der Waals surface area contributed by atoms with Crippen LogP contribution in [0.2, 0.25) is 0 Å². The number of fused-ring (bicyclic) bond motifs is 2. The standard InChI is InChI=1S/C23H23FN4O2/c1-3-27(4-2)22(29)14-28-10-9-15-12-18(6-8-21(15)28)25-23(30)20-13-16-11-17(24)5-7-19(16)26-20/h5-13,26H,3-4,14H2,1-2H3,(H,25,30). The van der Waals surface area contributed by atoms with Crippen molar-refractivity contribution in [3.63, 3.8) is 0 Å². The fourth-order valence-electron chi connectivity index (χ4n) is 3.66. The van der Waals surface area contributed by atoms with Crippen molar-refractivity contribution in [2.24, 2.45) is 0 Å². The van der Waals surface area contributed by atoms with Gasteiger partial charge >= 0.3 is 0 Å². The van der Waals surface area contributed by atoms with Gasteiger partial charge in [-0.15, -0.1) is 0 Å². The number of hydrogen-bond donors (Lipinski definition) is 2. The maximum Gasteiger partial charge on any atom is 0.272 e. The van der Waals surface area contributed by atoms with Crippen LogP contribution in [0.25, 0.3) is 21.8 Å². The normalized spacial score (nSPS) is 11.2. The Labute approximate surface area is 173 Å². The molecule has 0 aliphatic rings. The molecule has 2 amide bonds. The number of aromatic nitrogens is 2. The molecule has 2 aromatic heterocycles. The molecule has 0 radical (unpaired) electrons. The number of rotatable bonds is 6. The van der Waals surface area contributed by atoms with Gasteiger partial charge in [0.1, 0.15) is 18.1 Å². The lowest BCUT2D eigenvalue weighted by atomic mass is 10.2. The van der Waals surface area contributed by atoms with E-state index in [-0.39, 0.29) is 24.2 Å². The highest BCUT2D eigenvalue weighted by Gasteiger charge is 2.13. The van der Waals surface area contributed by atoms with Crippen molar-refractivity contribution >= 4 is 39.3 Å². The second-order valence-corrected chi connectivity index (χ2v) is 7.15. The average Bonchev–Trinajstić information content (AvgIpc) is 3.32. The Hall–Kier alpha value is -3.61. The van der Waals surface area contributed by atoms with E-state index in [4.69, 9.17) is 0 Å². The van der Waals surface area contributed by atoms with Gasteiger partial charge in [-0.1, -0.05) is 0 Å². The van der Waals surface area contributed by atoms with Gasteiger partial charge in [-0.2, -0.15) is 0 Å². The number of nitrogens with one attached hydrogen (secondary N) is 2. The van der Waals surface area contributed by atoms with Crippen molar-refractivity contribution in [2.45, 2.75) is 20.4 Å². The fraction of sp³-hybridized carbons (Fsp3) is 0.217. The molecule has 2 N–H and O–H groups in total. The molecule has 2 aromatic carbocycles. The minimum absolute atomic E-state index is 0.0742. The topological polar surface area (TPSA) is 70.1 Å². The first-order valence-electron chi connectivity index (χ1n) is 9.94. The van der Waals surface area contributed by atoms with E-state index in [0.29, 0.717) is 35.4 Å². The zero-order valence-corrected chi connectivity index (χ0v) is 16.9. The van der Waals surface area contributed by atoms with Crippen LogP contribution >= 0.6 is 0 Å². The summed E-state index contributed by atoms with van der Waals surface area (Å²) < 4.78 is 15.3. The fourth-order valence-corrected chi connectivity index (χ4v) is 3.66. The van der Waals surface area contributed by atoms with Gasteiger partial charge in [0.25, 0.3) is 5.91 Å². The van der Waals surface area contributed by atoms with E-state index >= 15 is 0 Å². The predicted molar refractivity (Wildman–Crippen MR) is 116 cm³/mol. The SMILES string of the molecule is CCN(CC)C(=O)Cn1ccc2cc(NC(=O)c3cc4cc(F)ccc4[nH]3)ccc21. The lowest BCUT2D eigenvalue weighted by Crippen LogP contribution is -2.33. The summed E-state index contributed by atoms with van der Waals surface area (Å²) in [6.07, 6.45) is 1.88. The Morgan fingerprint density at radius 2 is 1.83 bits per heavy atom. The summed E-state index contributed by atoms with van der Waals surface area (Å²) in [5.41, 5.74) is 2.63. The van der Waals surface area contributed by atoms with Crippen LogP contribution in [0.1, 0.15) is 24.3 Å². The third-order valence-corrected chi connectivity index (χ3v) is 5.28. The Morgan fingerprint density at radius 1 is 1.03 bits per heavy atom. The molecule has 0 bridgehead atoms. The molecule has 7 heteroatoms. The van der Waals surface area contributed by atoms with Crippen molar-refractivity contribution in [3.8, 4) is 0 Å². The number of nitrogens with zero attached hydrogens (tertiary/aromatic N) is 2. The molecule has 0 saturated carbocycles. The van der Waals surface area contributed by atoms with Gasteiger partial charge in [0.15, 0.2) is 0 Å². The molecule has 0 spiro atoms. The van der Waals surface area contributed by atoms with Gasteiger partial charge in [0.2, 0.25) is 5.91 Å². The summed E-state index contributed by atoms with van der Waals surface area (Å²) in [7, 11) is 0. The zero-order valence-electron chi connectivity index (χ0n) is 16.9. The molecule has 154 valence electrons. The highest BCUT2D eigenvalue weighted by atomic mass is 19.1. The molecular formula is C23H23FN4O2. The number of halogens is 1. The van der Waals surface area contributed by atoms with Gasteiger partial charge in [0, 0.05) is 46.8 Å². The van der Waals surface area contributed by atoms with Gasteiger partial charge in [-0.25, -0.2) is 4.39 Å². The summed E-state index contributed by atoms with van der Waals surface area (Å²) in [4.78, 5) is 29.8. The van der Waals surface area contributed by atoms with Crippen LogP contribution in [0.4, 0.5) is 10.1 Å². The number of benzene rings is 2. The number of likely N-dealkylation sites (N-methyl/N-ethyl adjacent to an activating group) is 1. The van der Waals surface area contributed by atoms with Crippen molar-refractivity contribution < 1.29 is 14.0 Å². The number of anilines is 1. The number of aromatic amines is 1. The van der Waals surface area contributed by atoms with Crippen LogP contribution in [-0.4, -0.2) is 39.4 Å².